The number of anilines is 4. The maximum Gasteiger partial charge on any atom is 0.326 e. The highest BCUT2D eigenvalue weighted by Gasteiger charge is 2.21. The van der Waals surface area contributed by atoms with Gasteiger partial charge in [0.25, 0.3) is 11.5 Å². The number of aliphatic carboxylic acids is 2. The lowest BCUT2D eigenvalue weighted by Crippen LogP contribution is -2.41. The molecule has 1 amide bonds. The van der Waals surface area contributed by atoms with Crippen molar-refractivity contribution in [2.45, 2.75) is 31.5 Å². The molecule has 0 aliphatic rings. The monoisotopic (exact) mass is 462 g/mol. The fraction of sp³-hybridized carbons (Fsp3) is 0.316. The van der Waals surface area contributed by atoms with Gasteiger partial charge < -0.3 is 43.4 Å². The van der Waals surface area contributed by atoms with Gasteiger partial charge in [0, 0.05) is 24.2 Å². The minimum Gasteiger partial charge on any atom is -0.481 e. The summed E-state index contributed by atoms with van der Waals surface area (Å²) in [5.41, 5.74) is 17.3. The predicted octanol–water partition coefficient (Wildman–Crippen LogP) is -0.819. The van der Waals surface area contributed by atoms with Crippen LogP contribution in [0.15, 0.2) is 29.1 Å². The summed E-state index contributed by atoms with van der Waals surface area (Å²) in [4.78, 5) is 51.8. The average molecular weight is 462 g/mol. The molecule has 0 aliphatic carbocycles. The third-order valence-electron chi connectivity index (χ3n) is 4.48. The SMILES string of the molecule is Nc1nc(NC(N)CCNc2ccc(C(=O)N[C@@H](CCC(=O)O)C(=O)O)cc2)c(N)c(=O)[nH]1. The molecule has 1 unspecified atom stereocenters. The normalized spacial score (nSPS) is 12.4. The largest absolute Gasteiger partial charge is 0.481 e. The molecular weight excluding hydrogens is 436 g/mol. The zero-order chi connectivity index (χ0) is 24.5. The molecular formula is C19H26N8O6. The molecule has 14 heteroatoms. The molecule has 0 bridgehead atoms. The number of nitrogens with one attached hydrogen (secondary N) is 4. The molecule has 2 aromatic rings. The van der Waals surface area contributed by atoms with Crippen LogP contribution in [0, 0.1) is 0 Å². The standard InChI is InChI=1S/C19H26N8O6/c20-12(25-15-14(21)17(31)27-19(22)26-15)7-8-23-10-3-1-9(2-4-10)16(30)24-11(18(32)33)5-6-13(28)29/h1-4,11-12,23H,5-8,20-21H2,(H,24,30)(H,28,29)(H,32,33)(H4,22,25,26,27,31)/t11-,12?/m0/s1. The summed E-state index contributed by atoms with van der Waals surface area (Å²) in [7, 11) is 0. The van der Waals surface area contributed by atoms with Gasteiger partial charge in [0.2, 0.25) is 5.95 Å². The van der Waals surface area contributed by atoms with Gasteiger partial charge in [-0.15, -0.1) is 0 Å². The van der Waals surface area contributed by atoms with Gasteiger partial charge in [0.05, 0.1) is 6.17 Å². The molecule has 2 rings (SSSR count). The van der Waals surface area contributed by atoms with Crippen molar-refractivity contribution in [3.63, 3.8) is 0 Å². The van der Waals surface area contributed by atoms with E-state index in [4.69, 9.17) is 27.4 Å². The first-order chi connectivity index (χ1) is 15.6. The van der Waals surface area contributed by atoms with Gasteiger partial charge in [-0.1, -0.05) is 0 Å². The second-order valence-corrected chi connectivity index (χ2v) is 7.05. The highest BCUT2D eigenvalue weighted by Crippen LogP contribution is 2.13. The number of amides is 1. The molecule has 1 aromatic carbocycles. The molecule has 1 aromatic heterocycles. The van der Waals surface area contributed by atoms with Gasteiger partial charge >= 0.3 is 11.9 Å². The van der Waals surface area contributed by atoms with E-state index in [1.807, 2.05) is 0 Å². The van der Waals surface area contributed by atoms with Crippen molar-refractivity contribution in [2.24, 2.45) is 5.73 Å². The van der Waals surface area contributed by atoms with Crippen LogP contribution in [0.25, 0.3) is 0 Å². The van der Waals surface area contributed by atoms with Crippen molar-refractivity contribution in [1.82, 2.24) is 15.3 Å². The summed E-state index contributed by atoms with van der Waals surface area (Å²) in [6, 6.07) is 4.93. The summed E-state index contributed by atoms with van der Waals surface area (Å²) in [5, 5.41) is 26.0. The van der Waals surface area contributed by atoms with Crippen LogP contribution in [0.1, 0.15) is 29.6 Å². The van der Waals surface area contributed by atoms with Crippen molar-refractivity contribution < 1.29 is 24.6 Å². The number of hydrogen-bond acceptors (Lipinski definition) is 10. The lowest BCUT2D eigenvalue weighted by Gasteiger charge is -2.16. The average Bonchev–Trinajstić information content (AvgIpc) is 2.74. The maximum absolute atomic E-state index is 12.3. The van der Waals surface area contributed by atoms with Crippen molar-refractivity contribution >= 4 is 41.0 Å². The summed E-state index contributed by atoms with van der Waals surface area (Å²) in [6.07, 6.45) is -0.777. The Kier molecular flexibility index (Phi) is 8.56. The molecule has 0 radical (unpaired) electrons. The molecule has 178 valence electrons. The van der Waals surface area contributed by atoms with Gasteiger partial charge in [0.15, 0.2) is 5.82 Å². The Hall–Kier alpha value is -4.33. The Bertz CT molecular complexity index is 1060. The van der Waals surface area contributed by atoms with Crippen molar-refractivity contribution in [3.8, 4) is 0 Å². The van der Waals surface area contributed by atoms with E-state index in [0.29, 0.717) is 18.7 Å². The number of nitrogens with two attached hydrogens (primary N) is 3. The third-order valence-corrected chi connectivity index (χ3v) is 4.48. The molecule has 2 atom stereocenters. The molecule has 0 saturated carbocycles. The van der Waals surface area contributed by atoms with Crippen LogP contribution < -0.4 is 38.7 Å². The fourth-order valence-corrected chi connectivity index (χ4v) is 2.74. The summed E-state index contributed by atoms with van der Waals surface area (Å²) >= 11 is 0. The fourth-order valence-electron chi connectivity index (χ4n) is 2.74. The third kappa shape index (κ3) is 7.70. The van der Waals surface area contributed by atoms with E-state index in [1.165, 1.54) is 12.1 Å². The van der Waals surface area contributed by atoms with Gasteiger partial charge in [-0.25, -0.2) is 4.79 Å². The topological polar surface area (TPSA) is 252 Å². The zero-order valence-corrected chi connectivity index (χ0v) is 17.5. The van der Waals surface area contributed by atoms with Gasteiger partial charge in [-0.2, -0.15) is 4.98 Å². The van der Waals surface area contributed by atoms with E-state index < -0.39 is 35.6 Å². The number of benzene rings is 1. The van der Waals surface area contributed by atoms with Gasteiger partial charge in [-0.3, -0.25) is 19.4 Å². The van der Waals surface area contributed by atoms with E-state index in [2.05, 4.69) is 25.9 Å². The number of hydrogen-bond donors (Lipinski definition) is 9. The second-order valence-electron chi connectivity index (χ2n) is 7.05. The van der Waals surface area contributed by atoms with Crippen LogP contribution >= 0.6 is 0 Å². The number of carboxylic acid groups (broad SMARTS) is 2. The zero-order valence-electron chi connectivity index (χ0n) is 17.5. The van der Waals surface area contributed by atoms with E-state index in [1.54, 1.807) is 12.1 Å². The van der Waals surface area contributed by atoms with Crippen LogP contribution in [0.4, 0.5) is 23.1 Å². The lowest BCUT2D eigenvalue weighted by molar-refractivity contribution is -0.140. The van der Waals surface area contributed by atoms with Gasteiger partial charge in [0.1, 0.15) is 11.7 Å². The number of rotatable bonds is 12. The smallest absolute Gasteiger partial charge is 0.326 e. The van der Waals surface area contributed by atoms with Crippen molar-refractivity contribution in [1.29, 1.82) is 0 Å². The molecule has 0 aliphatic heterocycles. The van der Waals surface area contributed by atoms with Gasteiger partial charge in [-0.05, 0) is 37.1 Å². The lowest BCUT2D eigenvalue weighted by atomic mass is 10.1. The van der Waals surface area contributed by atoms with E-state index in [-0.39, 0.29) is 35.9 Å². The number of carbonyl (C=O) groups excluding carboxylic acids is 1. The molecule has 12 N–H and O–H groups in total. The Balaban J connectivity index is 1.85. The summed E-state index contributed by atoms with van der Waals surface area (Å²) in [5.74, 6) is -3.10. The number of carboxylic acids is 2. The summed E-state index contributed by atoms with van der Waals surface area (Å²) < 4.78 is 0. The van der Waals surface area contributed by atoms with Crippen LogP contribution in [-0.2, 0) is 9.59 Å². The minimum absolute atomic E-state index is 0.0853. The van der Waals surface area contributed by atoms with Crippen LogP contribution in [0.3, 0.4) is 0 Å². The second kappa shape index (κ2) is 11.3. The number of nitrogen functional groups attached to an aromatic ring is 2. The first-order valence-electron chi connectivity index (χ1n) is 9.83. The first-order valence-corrected chi connectivity index (χ1v) is 9.83. The van der Waals surface area contributed by atoms with Crippen LogP contribution in [-0.4, -0.2) is 56.8 Å². The Morgan fingerprint density at radius 2 is 1.76 bits per heavy atom. The first kappa shape index (κ1) is 24.9. The number of aromatic amines is 1. The minimum atomic E-state index is -1.31. The molecule has 0 spiro atoms. The highest BCUT2D eigenvalue weighted by molar-refractivity contribution is 5.96. The Morgan fingerprint density at radius 1 is 1.09 bits per heavy atom. The predicted molar refractivity (Wildman–Crippen MR) is 121 cm³/mol. The van der Waals surface area contributed by atoms with Crippen molar-refractivity contribution in [3.05, 3.63) is 40.2 Å². The molecule has 0 saturated heterocycles. The molecule has 14 nitrogen and oxygen atoms in total. The van der Waals surface area contributed by atoms with E-state index in [0.717, 1.165) is 0 Å². The highest BCUT2D eigenvalue weighted by atomic mass is 16.4. The summed E-state index contributed by atoms with van der Waals surface area (Å²) in [6.45, 7) is 0.425. The number of nitrogens with zero attached hydrogens (tertiary/aromatic N) is 1. The molecule has 1 heterocycles. The quantitative estimate of drug-likeness (QED) is 0.175. The Labute approximate surface area is 187 Å². The maximum atomic E-state index is 12.3. The Morgan fingerprint density at radius 3 is 2.36 bits per heavy atom. The number of aromatic nitrogens is 2. The van der Waals surface area contributed by atoms with E-state index in [9.17, 15) is 19.2 Å². The molecule has 0 fully saturated rings. The van der Waals surface area contributed by atoms with Crippen LogP contribution in [0.2, 0.25) is 0 Å². The number of H-pyrrole nitrogens is 1. The molecule has 33 heavy (non-hydrogen) atoms. The van der Waals surface area contributed by atoms with E-state index >= 15 is 0 Å². The van der Waals surface area contributed by atoms with Crippen molar-refractivity contribution in [2.75, 3.05) is 28.6 Å². The van der Waals surface area contributed by atoms with Crippen LogP contribution in [0.5, 0.6) is 0 Å². The number of carbonyl (C=O) groups is 3.